The van der Waals surface area contributed by atoms with Gasteiger partial charge in [-0.2, -0.15) is 0 Å². The molecule has 0 aliphatic carbocycles. The summed E-state index contributed by atoms with van der Waals surface area (Å²) in [4.78, 5) is 16.5. The monoisotopic (exact) mass is 464 g/mol. The zero-order chi connectivity index (χ0) is 24.0. The van der Waals surface area contributed by atoms with Crippen LogP contribution in [0.4, 0.5) is 0 Å². The summed E-state index contributed by atoms with van der Waals surface area (Å²) in [6.45, 7) is 3.46. The van der Waals surface area contributed by atoms with Gasteiger partial charge < -0.3 is 14.0 Å². The Balaban J connectivity index is 1.39. The molecule has 0 atom stereocenters. The summed E-state index contributed by atoms with van der Waals surface area (Å²) in [6, 6.07) is 31.3. The fourth-order valence-corrected chi connectivity index (χ4v) is 4.31. The number of carbonyl (C=O) groups is 1. The molecule has 0 spiro atoms. The predicted octanol–water partition coefficient (Wildman–Crippen LogP) is 6.63. The van der Waals surface area contributed by atoms with Crippen LogP contribution in [0, 0.1) is 0 Å². The Labute approximate surface area is 204 Å². The molecule has 35 heavy (non-hydrogen) atoms. The first-order valence-corrected chi connectivity index (χ1v) is 12.0. The molecule has 0 aliphatic heterocycles. The lowest BCUT2D eigenvalue weighted by Gasteiger charge is -2.11. The lowest BCUT2D eigenvalue weighted by Crippen LogP contribution is -2.06. The average molecular weight is 465 g/mol. The van der Waals surface area contributed by atoms with Crippen molar-refractivity contribution in [1.82, 2.24) is 9.55 Å². The zero-order valence-corrected chi connectivity index (χ0v) is 19.8. The molecule has 0 N–H and O–H groups in total. The maximum atomic E-state index is 11.5. The quantitative estimate of drug-likeness (QED) is 0.182. The Morgan fingerprint density at radius 2 is 1.66 bits per heavy atom. The summed E-state index contributed by atoms with van der Waals surface area (Å²) in [5.74, 6) is 1.57. The van der Waals surface area contributed by atoms with Crippen molar-refractivity contribution in [2.45, 2.75) is 26.3 Å². The third-order valence-electron chi connectivity index (χ3n) is 6.01. The Morgan fingerprint density at radius 3 is 2.51 bits per heavy atom. The van der Waals surface area contributed by atoms with Crippen LogP contribution in [0.3, 0.4) is 0 Å². The van der Waals surface area contributed by atoms with E-state index in [1.807, 2.05) is 31.2 Å². The van der Waals surface area contributed by atoms with Gasteiger partial charge in [0.15, 0.2) is 0 Å². The molecular formula is C30H28N2O3. The number of hydrogen-bond acceptors (Lipinski definition) is 4. The molecule has 1 aromatic heterocycles. The minimum absolute atomic E-state index is 0.180. The van der Waals surface area contributed by atoms with Gasteiger partial charge in [-0.1, -0.05) is 60.7 Å². The smallest absolute Gasteiger partial charge is 0.305 e. The van der Waals surface area contributed by atoms with Crippen LogP contribution in [0.25, 0.3) is 33.2 Å². The molecule has 1 heterocycles. The van der Waals surface area contributed by atoms with Gasteiger partial charge in [-0.05, 0) is 60.0 Å². The summed E-state index contributed by atoms with van der Waals surface area (Å²) in [5, 5.41) is 2.22. The van der Waals surface area contributed by atoms with Gasteiger partial charge in [0.2, 0.25) is 0 Å². The van der Waals surface area contributed by atoms with Crippen LogP contribution in [0.2, 0.25) is 0 Å². The second-order valence-corrected chi connectivity index (χ2v) is 8.48. The van der Waals surface area contributed by atoms with Gasteiger partial charge in [0.05, 0.1) is 24.2 Å². The average Bonchev–Trinajstić information content (AvgIpc) is 3.25. The number of hydrogen-bond donors (Lipinski definition) is 0. The second-order valence-electron chi connectivity index (χ2n) is 8.48. The predicted molar refractivity (Wildman–Crippen MR) is 140 cm³/mol. The Morgan fingerprint density at radius 1 is 0.886 bits per heavy atom. The molecule has 0 bridgehead atoms. The molecular weight excluding hydrogens is 436 g/mol. The second kappa shape index (κ2) is 10.4. The number of esters is 1. The van der Waals surface area contributed by atoms with Gasteiger partial charge in [0.1, 0.15) is 11.6 Å². The third-order valence-corrected chi connectivity index (χ3v) is 6.01. The SMILES string of the molecule is CCOC(=O)CCCOc1ccc2cc(-c3nc4ccccc4n3Cc3ccccc3)ccc2c1. The summed E-state index contributed by atoms with van der Waals surface area (Å²) in [5.41, 5.74) is 4.43. The van der Waals surface area contributed by atoms with Crippen LogP contribution in [-0.4, -0.2) is 28.7 Å². The van der Waals surface area contributed by atoms with E-state index in [1.54, 1.807) is 0 Å². The third kappa shape index (κ3) is 5.19. The highest BCUT2D eigenvalue weighted by atomic mass is 16.5. The van der Waals surface area contributed by atoms with Gasteiger partial charge in [0, 0.05) is 18.5 Å². The summed E-state index contributed by atoms with van der Waals surface area (Å²) < 4.78 is 13.1. The van der Waals surface area contributed by atoms with E-state index in [-0.39, 0.29) is 5.97 Å². The zero-order valence-electron chi connectivity index (χ0n) is 19.8. The van der Waals surface area contributed by atoms with Crippen molar-refractivity contribution in [2.75, 3.05) is 13.2 Å². The normalized spacial score (nSPS) is 11.1. The summed E-state index contributed by atoms with van der Waals surface area (Å²) in [6.07, 6.45) is 1.00. The minimum Gasteiger partial charge on any atom is -0.494 e. The maximum Gasteiger partial charge on any atom is 0.305 e. The first-order chi connectivity index (χ1) is 17.2. The number of aromatic nitrogens is 2. The summed E-state index contributed by atoms with van der Waals surface area (Å²) in [7, 11) is 0. The maximum absolute atomic E-state index is 11.5. The lowest BCUT2D eigenvalue weighted by molar-refractivity contribution is -0.143. The number of ether oxygens (including phenoxy) is 2. The Hall–Kier alpha value is -4.12. The number of nitrogens with zero attached hydrogens (tertiary/aromatic N) is 2. The molecule has 0 saturated heterocycles. The molecule has 176 valence electrons. The van der Waals surface area contributed by atoms with E-state index in [0.717, 1.165) is 45.5 Å². The van der Waals surface area contributed by atoms with Crippen LogP contribution >= 0.6 is 0 Å². The van der Waals surface area contributed by atoms with E-state index in [4.69, 9.17) is 14.5 Å². The van der Waals surface area contributed by atoms with Crippen molar-refractivity contribution in [2.24, 2.45) is 0 Å². The minimum atomic E-state index is -0.180. The van der Waals surface area contributed by atoms with Crippen LogP contribution in [0.15, 0.2) is 91.0 Å². The van der Waals surface area contributed by atoms with E-state index in [1.165, 1.54) is 5.56 Å². The molecule has 5 nitrogen and oxygen atoms in total. The Kier molecular flexibility index (Phi) is 6.75. The molecule has 4 aromatic carbocycles. The highest BCUT2D eigenvalue weighted by Crippen LogP contribution is 2.30. The number of imidazole rings is 1. The first kappa shape index (κ1) is 22.7. The van der Waals surface area contributed by atoms with Crippen LogP contribution in [-0.2, 0) is 16.1 Å². The van der Waals surface area contributed by atoms with Crippen molar-refractivity contribution in [3.63, 3.8) is 0 Å². The van der Waals surface area contributed by atoms with Crippen molar-refractivity contribution in [1.29, 1.82) is 0 Å². The Bertz CT molecular complexity index is 1460. The van der Waals surface area contributed by atoms with Gasteiger partial charge >= 0.3 is 5.97 Å². The highest BCUT2D eigenvalue weighted by molar-refractivity contribution is 5.89. The molecule has 0 aliphatic rings. The number of para-hydroxylation sites is 2. The summed E-state index contributed by atoms with van der Waals surface area (Å²) >= 11 is 0. The fraction of sp³-hybridized carbons (Fsp3) is 0.200. The topological polar surface area (TPSA) is 53.4 Å². The number of benzene rings is 4. The number of carbonyl (C=O) groups excluding carboxylic acids is 1. The molecule has 5 rings (SSSR count). The molecule has 5 aromatic rings. The number of fused-ring (bicyclic) bond motifs is 2. The van der Waals surface area contributed by atoms with Gasteiger partial charge in [-0.25, -0.2) is 4.98 Å². The first-order valence-electron chi connectivity index (χ1n) is 12.0. The number of rotatable bonds is 9. The van der Waals surface area contributed by atoms with Crippen LogP contribution < -0.4 is 4.74 Å². The van der Waals surface area contributed by atoms with E-state index >= 15 is 0 Å². The van der Waals surface area contributed by atoms with E-state index < -0.39 is 0 Å². The lowest BCUT2D eigenvalue weighted by atomic mass is 10.1. The molecule has 0 radical (unpaired) electrons. The molecule has 0 amide bonds. The van der Waals surface area contributed by atoms with Crippen molar-refractivity contribution in [3.05, 3.63) is 96.6 Å². The van der Waals surface area contributed by atoms with Crippen LogP contribution in [0.1, 0.15) is 25.3 Å². The largest absolute Gasteiger partial charge is 0.494 e. The van der Waals surface area contributed by atoms with Gasteiger partial charge in [-0.3, -0.25) is 4.79 Å². The van der Waals surface area contributed by atoms with E-state index in [9.17, 15) is 4.79 Å². The van der Waals surface area contributed by atoms with Crippen molar-refractivity contribution < 1.29 is 14.3 Å². The highest BCUT2D eigenvalue weighted by Gasteiger charge is 2.13. The fourth-order valence-electron chi connectivity index (χ4n) is 4.31. The molecule has 0 fully saturated rings. The van der Waals surface area contributed by atoms with Crippen molar-refractivity contribution in [3.8, 4) is 17.1 Å². The standard InChI is InChI=1S/C30H28N2O3/c1-2-34-29(33)13-8-18-35-26-17-16-23-19-25(15-14-24(23)20-26)30-31-27-11-6-7-12-28(27)32(30)21-22-9-4-3-5-10-22/h3-7,9-12,14-17,19-20H,2,8,13,18,21H2,1H3. The van der Waals surface area contributed by atoms with Crippen LogP contribution in [0.5, 0.6) is 5.75 Å². The van der Waals surface area contributed by atoms with E-state index in [2.05, 4.69) is 71.3 Å². The van der Waals surface area contributed by atoms with Gasteiger partial charge in [-0.15, -0.1) is 0 Å². The van der Waals surface area contributed by atoms with E-state index in [0.29, 0.717) is 26.1 Å². The molecule has 5 heteroatoms. The van der Waals surface area contributed by atoms with Gasteiger partial charge in [0.25, 0.3) is 0 Å². The molecule has 0 saturated carbocycles. The van der Waals surface area contributed by atoms with Crippen molar-refractivity contribution >= 4 is 27.8 Å². The molecule has 0 unspecified atom stereocenters.